The maximum Gasteiger partial charge on any atom is 0.248 e. The van der Waals surface area contributed by atoms with E-state index in [0.29, 0.717) is 31.6 Å². The zero-order chi connectivity index (χ0) is 21.9. The van der Waals surface area contributed by atoms with E-state index in [1.807, 2.05) is 51.1 Å². The van der Waals surface area contributed by atoms with E-state index < -0.39 is 10.0 Å². The van der Waals surface area contributed by atoms with Crippen LogP contribution in [-0.2, 0) is 14.8 Å². The van der Waals surface area contributed by atoms with Gasteiger partial charge in [0, 0.05) is 25.0 Å². The Morgan fingerprint density at radius 1 is 1.23 bits per heavy atom. The van der Waals surface area contributed by atoms with Crippen molar-refractivity contribution in [3.05, 3.63) is 46.8 Å². The number of benzene rings is 1. The van der Waals surface area contributed by atoms with Crippen LogP contribution in [0.1, 0.15) is 49.3 Å². The lowest BCUT2D eigenvalue weighted by Crippen LogP contribution is -2.44. The molecule has 0 unspecified atom stereocenters. The van der Waals surface area contributed by atoms with Crippen LogP contribution in [-0.4, -0.2) is 42.9 Å². The fourth-order valence-electron chi connectivity index (χ4n) is 3.63. The molecule has 7 nitrogen and oxygen atoms in total. The average Bonchev–Trinajstić information content (AvgIpc) is 3.07. The Morgan fingerprint density at radius 3 is 2.57 bits per heavy atom. The minimum absolute atomic E-state index is 0.00927. The van der Waals surface area contributed by atoms with Gasteiger partial charge >= 0.3 is 0 Å². The summed E-state index contributed by atoms with van der Waals surface area (Å²) in [5.74, 6) is 0.0433. The molecule has 1 aliphatic heterocycles. The number of amides is 1. The third kappa shape index (κ3) is 4.99. The number of hydrogen-bond acceptors (Lipinski definition) is 5. The quantitative estimate of drug-likeness (QED) is 0.757. The summed E-state index contributed by atoms with van der Waals surface area (Å²) in [6.07, 6.45) is 4.45. The fourth-order valence-corrected chi connectivity index (χ4v) is 5.35. The number of aryl methyl sites for hydroxylation is 2. The molecule has 0 spiro atoms. The second kappa shape index (κ2) is 9.14. The molecule has 1 N–H and O–H groups in total. The number of carbonyl (C=O) groups is 1. The van der Waals surface area contributed by atoms with Crippen molar-refractivity contribution in [1.29, 1.82) is 0 Å². The molecule has 8 heteroatoms. The summed E-state index contributed by atoms with van der Waals surface area (Å²) < 4.78 is 33.3. The van der Waals surface area contributed by atoms with Gasteiger partial charge in [-0.25, -0.2) is 8.42 Å². The van der Waals surface area contributed by atoms with Crippen LogP contribution in [0.2, 0.25) is 0 Å². The highest BCUT2D eigenvalue weighted by Crippen LogP contribution is 2.29. The van der Waals surface area contributed by atoms with Crippen LogP contribution < -0.4 is 5.32 Å². The second-order valence-corrected chi connectivity index (χ2v) is 9.93. The van der Waals surface area contributed by atoms with Gasteiger partial charge in [-0.1, -0.05) is 41.1 Å². The lowest BCUT2D eigenvalue weighted by molar-refractivity contribution is -0.126. The summed E-state index contributed by atoms with van der Waals surface area (Å²) in [7, 11) is -3.77. The second-order valence-electron chi connectivity index (χ2n) is 8.05. The number of rotatable bonds is 6. The summed E-state index contributed by atoms with van der Waals surface area (Å²) in [5, 5.41) is 6.79. The van der Waals surface area contributed by atoms with Gasteiger partial charge in [-0.15, -0.1) is 0 Å². The van der Waals surface area contributed by atoms with E-state index in [4.69, 9.17) is 4.52 Å². The van der Waals surface area contributed by atoms with Crippen molar-refractivity contribution in [1.82, 2.24) is 14.8 Å². The molecule has 1 aromatic carbocycles. The van der Waals surface area contributed by atoms with Crippen molar-refractivity contribution < 1.29 is 17.7 Å². The van der Waals surface area contributed by atoms with Gasteiger partial charge in [-0.2, -0.15) is 4.31 Å². The Kier molecular flexibility index (Phi) is 6.77. The van der Waals surface area contributed by atoms with Crippen molar-refractivity contribution in [2.24, 2.45) is 5.92 Å². The maximum absolute atomic E-state index is 13.3. The van der Waals surface area contributed by atoms with Gasteiger partial charge in [-0.3, -0.25) is 4.79 Å². The number of hydrogen-bond donors (Lipinski definition) is 1. The van der Waals surface area contributed by atoms with Gasteiger partial charge in [0.05, 0.1) is 0 Å². The first-order valence-electron chi connectivity index (χ1n) is 10.2. The Hall–Kier alpha value is -2.45. The molecule has 1 aromatic heterocycles. The SMILES string of the molecule is Cc1cccc(C=Cc2onc(C)c2S(=O)(=O)N2CCC(C(=O)NC(C)C)CC2)c1. The van der Waals surface area contributed by atoms with Gasteiger partial charge in [0.2, 0.25) is 15.9 Å². The largest absolute Gasteiger partial charge is 0.355 e. The molecule has 1 amide bonds. The number of aromatic nitrogens is 1. The third-order valence-electron chi connectivity index (χ3n) is 5.16. The molecule has 3 rings (SSSR count). The lowest BCUT2D eigenvalue weighted by atomic mass is 9.97. The molecule has 0 aliphatic carbocycles. The van der Waals surface area contributed by atoms with Crippen molar-refractivity contribution in [3.8, 4) is 0 Å². The molecule has 1 fully saturated rings. The van der Waals surface area contributed by atoms with Crippen LogP contribution in [0.25, 0.3) is 12.2 Å². The molecular weight excluding hydrogens is 402 g/mol. The summed E-state index contributed by atoms with van der Waals surface area (Å²) in [6.45, 7) is 8.05. The van der Waals surface area contributed by atoms with Gasteiger partial charge in [0.25, 0.3) is 0 Å². The van der Waals surface area contributed by atoms with Crippen molar-refractivity contribution in [2.75, 3.05) is 13.1 Å². The minimum Gasteiger partial charge on any atom is -0.355 e. The highest BCUT2D eigenvalue weighted by molar-refractivity contribution is 7.89. The Labute approximate surface area is 178 Å². The summed E-state index contributed by atoms with van der Waals surface area (Å²) in [6, 6.07) is 7.95. The van der Waals surface area contributed by atoms with E-state index >= 15 is 0 Å². The van der Waals surface area contributed by atoms with Crippen LogP contribution in [0.4, 0.5) is 0 Å². The predicted molar refractivity (Wildman–Crippen MR) is 116 cm³/mol. The van der Waals surface area contributed by atoms with E-state index in [0.717, 1.165) is 11.1 Å². The normalized spacial score (nSPS) is 16.4. The first-order chi connectivity index (χ1) is 14.2. The number of piperidine rings is 1. The average molecular weight is 432 g/mol. The molecule has 0 saturated carbocycles. The van der Waals surface area contributed by atoms with E-state index in [2.05, 4.69) is 10.5 Å². The van der Waals surface area contributed by atoms with Gasteiger partial charge in [-0.05, 0) is 52.2 Å². The van der Waals surface area contributed by atoms with Crippen molar-refractivity contribution in [3.63, 3.8) is 0 Å². The molecule has 2 heterocycles. The summed E-state index contributed by atoms with van der Waals surface area (Å²) in [5.41, 5.74) is 2.39. The molecular formula is C22H29N3O4S. The van der Waals surface area contributed by atoms with Gasteiger partial charge in [0.1, 0.15) is 5.69 Å². The van der Waals surface area contributed by atoms with E-state index in [9.17, 15) is 13.2 Å². The van der Waals surface area contributed by atoms with E-state index in [1.165, 1.54) is 4.31 Å². The first-order valence-corrected chi connectivity index (χ1v) is 11.6. The molecule has 0 radical (unpaired) electrons. The van der Waals surface area contributed by atoms with E-state index in [1.54, 1.807) is 13.0 Å². The highest BCUT2D eigenvalue weighted by Gasteiger charge is 2.35. The number of carbonyl (C=O) groups excluding carboxylic acids is 1. The molecule has 162 valence electrons. The van der Waals surface area contributed by atoms with Crippen LogP contribution in [0.5, 0.6) is 0 Å². The molecule has 1 saturated heterocycles. The fraction of sp³-hybridized carbons (Fsp3) is 0.455. The lowest BCUT2D eigenvalue weighted by Gasteiger charge is -2.30. The van der Waals surface area contributed by atoms with Crippen molar-refractivity contribution in [2.45, 2.75) is 51.5 Å². The number of nitrogens with one attached hydrogen (secondary N) is 1. The zero-order valence-electron chi connectivity index (χ0n) is 17.9. The van der Waals surface area contributed by atoms with Gasteiger partial charge < -0.3 is 9.84 Å². The molecule has 0 bridgehead atoms. The smallest absolute Gasteiger partial charge is 0.248 e. The summed E-state index contributed by atoms with van der Waals surface area (Å²) in [4.78, 5) is 12.3. The van der Waals surface area contributed by atoms with Crippen molar-refractivity contribution >= 4 is 28.1 Å². The predicted octanol–water partition coefficient (Wildman–Crippen LogP) is 3.39. The molecule has 30 heavy (non-hydrogen) atoms. The zero-order valence-corrected chi connectivity index (χ0v) is 18.7. The van der Waals surface area contributed by atoms with Crippen LogP contribution in [0.3, 0.4) is 0 Å². The third-order valence-corrected chi connectivity index (χ3v) is 7.21. The molecule has 0 atom stereocenters. The Balaban J connectivity index is 1.77. The molecule has 2 aromatic rings. The Bertz CT molecular complexity index is 1030. The highest BCUT2D eigenvalue weighted by atomic mass is 32.2. The van der Waals surface area contributed by atoms with Crippen LogP contribution in [0, 0.1) is 19.8 Å². The first kappa shape index (κ1) is 22.2. The minimum atomic E-state index is -3.77. The topological polar surface area (TPSA) is 92.5 Å². The summed E-state index contributed by atoms with van der Waals surface area (Å²) >= 11 is 0. The van der Waals surface area contributed by atoms with E-state index in [-0.39, 0.29) is 28.5 Å². The maximum atomic E-state index is 13.3. The standard InChI is InChI=1S/C22H29N3O4S/c1-15(2)23-22(26)19-10-12-25(13-11-19)30(27,28)21-17(4)24-29-20(21)9-8-18-7-5-6-16(3)14-18/h5-9,14-15,19H,10-13H2,1-4H3,(H,23,26). The number of sulfonamides is 1. The van der Waals surface area contributed by atoms with Crippen LogP contribution >= 0.6 is 0 Å². The number of nitrogens with zero attached hydrogens (tertiary/aromatic N) is 2. The molecule has 1 aliphatic rings. The Morgan fingerprint density at radius 2 is 1.93 bits per heavy atom. The monoisotopic (exact) mass is 431 g/mol. The van der Waals surface area contributed by atoms with Gasteiger partial charge in [0.15, 0.2) is 10.7 Å². The van der Waals surface area contributed by atoms with Crippen LogP contribution in [0.15, 0.2) is 33.7 Å².